The number of nitrogens with two attached hydrogens (primary N) is 1. The van der Waals surface area contributed by atoms with Crippen LogP contribution < -0.4 is 11.1 Å². The number of hydrogen-bond donors (Lipinski definition) is 2. The van der Waals surface area contributed by atoms with Crippen molar-refractivity contribution in [3.63, 3.8) is 0 Å². The van der Waals surface area contributed by atoms with Gasteiger partial charge in [-0.1, -0.05) is 41.9 Å². The van der Waals surface area contributed by atoms with Gasteiger partial charge < -0.3 is 15.8 Å². The molecule has 0 aliphatic heterocycles. The Labute approximate surface area is 128 Å². The number of anilines is 2. The molecule has 0 saturated heterocycles. The van der Waals surface area contributed by atoms with Gasteiger partial charge in [-0.15, -0.1) is 0 Å². The lowest BCUT2D eigenvalue weighted by Gasteiger charge is -2.11. The molecular formula is C16H17ClN2O2. The first-order chi connectivity index (χ1) is 10.1. The minimum atomic E-state index is -0.247. The van der Waals surface area contributed by atoms with Gasteiger partial charge in [-0.25, -0.2) is 0 Å². The Morgan fingerprint density at radius 1 is 1.24 bits per heavy atom. The Balaban J connectivity index is 1.87. The van der Waals surface area contributed by atoms with Crippen LogP contribution in [0.2, 0.25) is 5.02 Å². The van der Waals surface area contributed by atoms with E-state index in [4.69, 9.17) is 22.1 Å². The summed E-state index contributed by atoms with van der Waals surface area (Å²) in [6.07, 6.45) is 0. The summed E-state index contributed by atoms with van der Waals surface area (Å²) >= 11 is 6.01. The van der Waals surface area contributed by atoms with E-state index in [1.165, 1.54) is 0 Å². The van der Waals surface area contributed by atoms with Gasteiger partial charge in [0.2, 0.25) is 5.91 Å². The Kier molecular flexibility index (Phi) is 5.20. The molecule has 0 aromatic heterocycles. The molecule has 4 nitrogen and oxygen atoms in total. The molecule has 5 heteroatoms. The molecule has 0 unspecified atom stereocenters. The lowest BCUT2D eigenvalue weighted by atomic mass is 10.1. The number of amides is 1. The maximum atomic E-state index is 11.9. The van der Waals surface area contributed by atoms with Crippen molar-refractivity contribution in [2.24, 2.45) is 0 Å². The molecule has 0 bridgehead atoms. The van der Waals surface area contributed by atoms with Crippen molar-refractivity contribution in [2.75, 3.05) is 17.7 Å². The van der Waals surface area contributed by atoms with E-state index in [-0.39, 0.29) is 19.1 Å². The number of benzene rings is 2. The van der Waals surface area contributed by atoms with Gasteiger partial charge in [-0.3, -0.25) is 4.79 Å². The van der Waals surface area contributed by atoms with Crippen LogP contribution in [0.4, 0.5) is 11.4 Å². The van der Waals surface area contributed by atoms with Crippen LogP contribution in [-0.2, 0) is 16.1 Å². The third-order valence-corrected chi connectivity index (χ3v) is 3.39. The summed E-state index contributed by atoms with van der Waals surface area (Å²) in [4.78, 5) is 11.9. The first-order valence-electron chi connectivity index (χ1n) is 6.54. The SMILES string of the molecule is Cc1cccc(N)c1NC(=O)COCc1ccccc1Cl. The van der Waals surface area contributed by atoms with Crippen LogP contribution in [0.25, 0.3) is 0 Å². The van der Waals surface area contributed by atoms with Crippen molar-refractivity contribution >= 4 is 28.9 Å². The number of carbonyl (C=O) groups is 1. The molecule has 3 N–H and O–H groups in total. The van der Waals surface area contributed by atoms with Gasteiger partial charge in [0.15, 0.2) is 0 Å². The Hall–Kier alpha value is -2.04. The molecule has 1 amide bonds. The van der Waals surface area contributed by atoms with Gasteiger partial charge in [-0.05, 0) is 30.2 Å². The number of rotatable bonds is 5. The highest BCUT2D eigenvalue weighted by molar-refractivity contribution is 6.31. The standard InChI is InChI=1S/C16H17ClN2O2/c1-11-5-4-8-14(18)16(11)19-15(20)10-21-9-12-6-2-3-7-13(12)17/h2-8H,9-10,18H2,1H3,(H,19,20). The predicted molar refractivity (Wildman–Crippen MR) is 85.3 cm³/mol. The van der Waals surface area contributed by atoms with Crippen LogP contribution in [0, 0.1) is 6.92 Å². The zero-order chi connectivity index (χ0) is 15.2. The van der Waals surface area contributed by atoms with E-state index in [0.29, 0.717) is 16.4 Å². The summed E-state index contributed by atoms with van der Waals surface area (Å²) in [5.74, 6) is -0.247. The molecule has 2 aromatic carbocycles. The van der Waals surface area contributed by atoms with Crippen LogP contribution in [0.1, 0.15) is 11.1 Å². The first-order valence-corrected chi connectivity index (χ1v) is 6.92. The summed E-state index contributed by atoms with van der Waals surface area (Å²) in [7, 11) is 0. The second kappa shape index (κ2) is 7.11. The molecule has 110 valence electrons. The van der Waals surface area contributed by atoms with E-state index < -0.39 is 0 Å². The fourth-order valence-corrected chi connectivity index (χ4v) is 2.10. The summed E-state index contributed by atoms with van der Waals surface area (Å²) < 4.78 is 5.38. The molecular weight excluding hydrogens is 288 g/mol. The maximum absolute atomic E-state index is 11.9. The average molecular weight is 305 g/mol. The van der Waals surface area contributed by atoms with Crippen molar-refractivity contribution in [2.45, 2.75) is 13.5 Å². The second-order valence-corrected chi connectivity index (χ2v) is 5.08. The molecule has 0 aliphatic carbocycles. The number of carbonyl (C=O) groups excluding carboxylic acids is 1. The van der Waals surface area contributed by atoms with Crippen molar-refractivity contribution in [1.82, 2.24) is 0 Å². The number of halogens is 1. The van der Waals surface area contributed by atoms with Gasteiger partial charge in [0, 0.05) is 5.02 Å². The largest absolute Gasteiger partial charge is 0.397 e. The van der Waals surface area contributed by atoms with Gasteiger partial charge in [-0.2, -0.15) is 0 Å². The van der Waals surface area contributed by atoms with Crippen LogP contribution in [0.3, 0.4) is 0 Å². The Bertz CT molecular complexity index is 624. The summed E-state index contributed by atoms with van der Waals surface area (Å²) in [5, 5.41) is 3.38. The minimum absolute atomic E-state index is 0.0566. The third-order valence-electron chi connectivity index (χ3n) is 3.02. The average Bonchev–Trinajstić information content (AvgIpc) is 2.45. The number of nitrogens with one attached hydrogen (secondary N) is 1. The molecule has 0 fully saturated rings. The lowest BCUT2D eigenvalue weighted by Crippen LogP contribution is -2.19. The van der Waals surface area contributed by atoms with E-state index in [9.17, 15) is 4.79 Å². The number of aryl methyl sites for hydroxylation is 1. The van der Waals surface area contributed by atoms with Crippen LogP contribution >= 0.6 is 11.6 Å². The first kappa shape index (κ1) is 15.4. The molecule has 2 aromatic rings. The van der Waals surface area contributed by atoms with Gasteiger partial charge in [0.1, 0.15) is 6.61 Å². The van der Waals surface area contributed by atoms with E-state index in [0.717, 1.165) is 11.1 Å². The van der Waals surface area contributed by atoms with Gasteiger partial charge >= 0.3 is 0 Å². The monoisotopic (exact) mass is 304 g/mol. The topological polar surface area (TPSA) is 64.3 Å². The summed E-state index contributed by atoms with van der Waals surface area (Å²) in [6.45, 7) is 2.12. The van der Waals surface area contributed by atoms with Crippen molar-refractivity contribution in [1.29, 1.82) is 0 Å². The van der Waals surface area contributed by atoms with E-state index in [1.807, 2.05) is 37.3 Å². The highest BCUT2D eigenvalue weighted by Gasteiger charge is 2.08. The molecule has 0 spiro atoms. The van der Waals surface area contributed by atoms with Gasteiger partial charge in [0.25, 0.3) is 0 Å². The fourth-order valence-electron chi connectivity index (χ4n) is 1.91. The molecule has 0 aliphatic rings. The fraction of sp³-hybridized carbons (Fsp3) is 0.188. The lowest BCUT2D eigenvalue weighted by molar-refractivity contribution is -0.121. The quantitative estimate of drug-likeness (QED) is 0.832. The highest BCUT2D eigenvalue weighted by Crippen LogP contribution is 2.22. The Morgan fingerprint density at radius 2 is 2.00 bits per heavy atom. The van der Waals surface area contributed by atoms with Crippen LogP contribution in [0.15, 0.2) is 42.5 Å². The minimum Gasteiger partial charge on any atom is -0.397 e. The zero-order valence-corrected chi connectivity index (χ0v) is 12.5. The molecule has 0 radical (unpaired) electrons. The predicted octanol–water partition coefficient (Wildman–Crippen LogP) is 3.39. The Morgan fingerprint density at radius 3 is 2.71 bits per heavy atom. The van der Waals surface area contributed by atoms with Crippen LogP contribution in [0.5, 0.6) is 0 Å². The third kappa shape index (κ3) is 4.21. The molecule has 0 atom stereocenters. The van der Waals surface area contributed by atoms with E-state index in [2.05, 4.69) is 5.32 Å². The molecule has 2 rings (SSSR count). The number of nitrogen functional groups attached to an aromatic ring is 1. The van der Waals surface area contributed by atoms with Crippen molar-refractivity contribution < 1.29 is 9.53 Å². The summed E-state index contributed by atoms with van der Waals surface area (Å²) in [5.41, 5.74) is 8.76. The molecule has 21 heavy (non-hydrogen) atoms. The molecule has 0 heterocycles. The molecule has 0 saturated carbocycles. The van der Waals surface area contributed by atoms with E-state index >= 15 is 0 Å². The maximum Gasteiger partial charge on any atom is 0.250 e. The number of hydrogen-bond acceptors (Lipinski definition) is 3. The van der Waals surface area contributed by atoms with E-state index in [1.54, 1.807) is 12.1 Å². The van der Waals surface area contributed by atoms with Gasteiger partial charge in [0.05, 0.1) is 18.0 Å². The van der Waals surface area contributed by atoms with Crippen LogP contribution in [-0.4, -0.2) is 12.5 Å². The normalized spacial score (nSPS) is 10.4. The second-order valence-electron chi connectivity index (χ2n) is 4.67. The summed E-state index contributed by atoms with van der Waals surface area (Å²) in [6, 6.07) is 12.8. The van der Waals surface area contributed by atoms with Crippen molar-refractivity contribution in [3.8, 4) is 0 Å². The zero-order valence-electron chi connectivity index (χ0n) is 11.7. The van der Waals surface area contributed by atoms with Crippen molar-refractivity contribution in [3.05, 3.63) is 58.6 Å². The highest BCUT2D eigenvalue weighted by atomic mass is 35.5. The smallest absolute Gasteiger partial charge is 0.250 e. The number of para-hydroxylation sites is 1. The number of ether oxygens (including phenoxy) is 1.